The second-order valence-corrected chi connectivity index (χ2v) is 7.81. The molecular weight excluding hydrogens is 316 g/mol. The van der Waals surface area contributed by atoms with E-state index in [9.17, 15) is 18.0 Å². The summed E-state index contributed by atoms with van der Waals surface area (Å²) < 4.78 is 26.1. The number of hydrogen-bond donors (Lipinski definition) is 3. The van der Waals surface area contributed by atoms with E-state index in [1.807, 2.05) is 0 Å². The van der Waals surface area contributed by atoms with Gasteiger partial charge in [0.1, 0.15) is 9.75 Å². The Labute approximate surface area is 126 Å². The van der Waals surface area contributed by atoms with Crippen molar-refractivity contribution in [2.45, 2.75) is 35.4 Å². The first kappa shape index (κ1) is 15.9. The van der Waals surface area contributed by atoms with Crippen molar-refractivity contribution in [2.75, 3.05) is 6.54 Å². The fraction of sp³-hybridized carbons (Fsp3) is 0.500. The summed E-state index contributed by atoms with van der Waals surface area (Å²) in [5.41, 5.74) is -1.16. The van der Waals surface area contributed by atoms with Gasteiger partial charge < -0.3 is 10.4 Å². The van der Waals surface area contributed by atoms with Crippen LogP contribution in [-0.4, -0.2) is 37.5 Å². The van der Waals surface area contributed by atoms with Crippen LogP contribution in [-0.2, 0) is 19.6 Å². The third-order valence-electron chi connectivity index (χ3n) is 3.40. The van der Waals surface area contributed by atoms with E-state index in [0.717, 1.165) is 17.8 Å². The molecule has 1 fully saturated rings. The lowest BCUT2D eigenvalue weighted by Crippen LogP contribution is -2.59. The number of carboxylic acids is 1. The number of amides is 1. The van der Waals surface area contributed by atoms with Crippen LogP contribution in [0, 0.1) is 0 Å². The highest BCUT2D eigenvalue weighted by atomic mass is 32.2. The van der Waals surface area contributed by atoms with Crippen molar-refractivity contribution < 1.29 is 23.1 Å². The Bertz CT molecular complexity index is 620. The van der Waals surface area contributed by atoms with Crippen molar-refractivity contribution in [3.63, 3.8) is 0 Å². The fourth-order valence-electron chi connectivity index (χ4n) is 2.04. The zero-order valence-electron chi connectivity index (χ0n) is 11.2. The third kappa shape index (κ3) is 3.60. The highest BCUT2D eigenvalue weighted by Gasteiger charge is 2.45. The molecule has 1 aliphatic carbocycles. The number of carbonyl (C=O) groups excluding carboxylic acids is 1. The van der Waals surface area contributed by atoms with Crippen LogP contribution in [0.3, 0.4) is 0 Å². The summed E-state index contributed by atoms with van der Waals surface area (Å²) in [4.78, 5) is 22.8. The van der Waals surface area contributed by atoms with E-state index in [4.69, 9.17) is 5.11 Å². The van der Waals surface area contributed by atoms with Crippen LogP contribution in [0.4, 0.5) is 0 Å². The van der Waals surface area contributed by atoms with Gasteiger partial charge in [0.25, 0.3) is 0 Å². The van der Waals surface area contributed by atoms with Crippen molar-refractivity contribution in [1.29, 1.82) is 0 Å². The van der Waals surface area contributed by atoms with Crippen LogP contribution in [0.2, 0.25) is 0 Å². The van der Waals surface area contributed by atoms with Crippen LogP contribution in [0.5, 0.6) is 0 Å². The number of aliphatic carboxylic acids is 1. The normalized spacial score (nSPS) is 17.0. The number of hydrogen-bond acceptors (Lipinski definition) is 5. The minimum atomic E-state index is -3.59. The van der Waals surface area contributed by atoms with E-state index < -0.39 is 27.4 Å². The Kier molecular flexibility index (Phi) is 4.64. The Morgan fingerprint density at radius 1 is 1.38 bits per heavy atom. The van der Waals surface area contributed by atoms with Crippen molar-refractivity contribution in [3.8, 4) is 0 Å². The van der Waals surface area contributed by atoms with E-state index in [0.29, 0.717) is 12.8 Å². The first-order valence-corrected chi connectivity index (χ1v) is 8.80. The van der Waals surface area contributed by atoms with Gasteiger partial charge in [0, 0.05) is 13.0 Å². The van der Waals surface area contributed by atoms with E-state index in [2.05, 4.69) is 10.0 Å². The molecule has 1 aromatic heterocycles. The molecule has 3 N–H and O–H groups in total. The fourth-order valence-corrected chi connectivity index (χ4v) is 4.11. The van der Waals surface area contributed by atoms with Crippen LogP contribution >= 0.6 is 11.3 Å². The molecule has 0 spiro atoms. The third-order valence-corrected chi connectivity index (χ3v) is 6.26. The molecule has 1 heterocycles. The van der Waals surface area contributed by atoms with Gasteiger partial charge in [-0.1, -0.05) is 6.07 Å². The van der Waals surface area contributed by atoms with Gasteiger partial charge in [0.2, 0.25) is 15.9 Å². The van der Waals surface area contributed by atoms with Gasteiger partial charge in [-0.2, -0.15) is 0 Å². The van der Waals surface area contributed by atoms with Crippen molar-refractivity contribution >= 4 is 33.2 Å². The number of rotatable bonds is 7. The summed E-state index contributed by atoms with van der Waals surface area (Å²) in [6, 6.07) is 3.10. The van der Waals surface area contributed by atoms with Crippen molar-refractivity contribution in [3.05, 3.63) is 17.5 Å². The van der Waals surface area contributed by atoms with Crippen molar-refractivity contribution in [2.24, 2.45) is 0 Å². The summed E-state index contributed by atoms with van der Waals surface area (Å²) in [6.45, 7) is -0.0677. The monoisotopic (exact) mass is 332 g/mol. The van der Waals surface area contributed by atoms with E-state index in [1.54, 1.807) is 11.4 Å². The molecule has 116 valence electrons. The highest BCUT2D eigenvalue weighted by molar-refractivity contribution is 7.91. The van der Waals surface area contributed by atoms with Gasteiger partial charge in [-0.05, 0) is 30.7 Å². The van der Waals surface area contributed by atoms with E-state index >= 15 is 0 Å². The minimum absolute atomic E-state index is 0.0677. The summed E-state index contributed by atoms with van der Waals surface area (Å²) >= 11 is 1.09. The molecule has 1 amide bonds. The topological polar surface area (TPSA) is 113 Å². The van der Waals surface area contributed by atoms with Gasteiger partial charge in [-0.15, -0.1) is 11.3 Å². The number of thiophene rings is 1. The first-order valence-electron chi connectivity index (χ1n) is 6.43. The molecule has 0 unspecified atom stereocenters. The predicted molar refractivity (Wildman–Crippen MR) is 76.5 cm³/mol. The summed E-state index contributed by atoms with van der Waals surface area (Å²) in [6.07, 6.45) is 1.49. The number of sulfonamides is 1. The number of carbonyl (C=O) groups is 2. The Balaban J connectivity index is 1.81. The van der Waals surface area contributed by atoms with Crippen LogP contribution in [0.15, 0.2) is 21.7 Å². The first-order chi connectivity index (χ1) is 9.86. The SMILES string of the molecule is O=C(CCNS(=O)(=O)c1cccs1)NC1(C(=O)O)CCC1. The molecule has 0 aliphatic heterocycles. The second-order valence-electron chi connectivity index (χ2n) is 4.87. The maximum atomic E-state index is 11.8. The van der Waals surface area contributed by atoms with Crippen molar-refractivity contribution in [1.82, 2.24) is 10.0 Å². The molecule has 0 atom stereocenters. The maximum Gasteiger partial charge on any atom is 0.329 e. The zero-order chi connectivity index (χ0) is 15.5. The average Bonchev–Trinajstić information content (AvgIpc) is 2.87. The maximum absolute atomic E-state index is 11.8. The quantitative estimate of drug-likeness (QED) is 0.674. The highest BCUT2D eigenvalue weighted by Crippen LogP contribution is 2.32. The van der Waals surface area contributed by atoms with Gasteiger partial charge in [-0.3, -0.25) is 4.79 Å². The molecule has 21 heavy (non-hydrogen) atoms. The summed E-state index contributed by atoms with van der Waals surface area (Å²) in [5, 5.41) is 13.2. The Hall–Kier alpha value is -1.45. The van der Waals surface area contributed by atoms with Gasteiger partial charge in [0.05, 0.1) is 0 Å². The second kappa shape index (κ2) is 6.12. The Morgan fingerprint density at radius 3 is 2.57 bits per heavy atom. The van der Waals surface area contributed by atoms with Gasteiger partial charge in [-0.25, -0.2) is 17.9 Å². The average molecular weight is 332 g/mol. The number of nitrogens with one attached hydrogen (secondary N) is 2. The van der Waals surface area contributed by atoms with Gasteiger partial charge in [0.15, 0.2) is 0 Å². The smallest absolute Gasteiger partial charge is 0.329 e. The minimum Gasteiger partial charge on any atom is -0.480 e. The molecule has 0 saturated heterocycles. The summed E-state index contributed by atoms with van der Waals surface area (Å²) in [5.74, 6) is -1.51. The van der Waals surface area contributed by atoms with Crippen LogP contribution < -0.4 is 10.0 Å². The van der Waals surface area contributed by atoms with Crippen LogP contribution in [0.1, 0.15) is 25.7 Å². The molecule has 2 rings (SSSR count). The molecule has 0 bridgehead atoms. The lowest BCUT2D eigenvalue weighted by molar-refractivity contribution is -0.151. The predicted octanol–water partition coefficient (Wildman–Crippen LogP) is 0.540. The molecule has 0 aromatic carbocycles. The molecule has 1 aliphatic rings. The Morgan fingerprint density at radius 2 is 2.10 bits per heavy atom. The molecule has 1 saturated carbocycles. The molecular formula is C12H16N2O5S2. The number of carboxylic acid groups (broad SMARTS) is 1. The molecule has 9 heteroatoms. The molecule has 7 nitrogen and oxygen atoms in total. The molecule has 1 aromatic rings. The molecule has 0 radical (unpaired) electrons. The lowest BCUT2D eigenvalue weighted by Gasteiger charge is -2.38. The standard InChI is InChI=1S/C12H16N2O5S2/c15-9(14-12(11(16)17)5-2-6-12)4-7-13-21(18,19)10-3-1-8-20-10/h1,3,8,13H,2,4-7H2,(H,14,15)(H,16,17). The van der Waals surface area contributed by atoms with E-state index in [1.165, 1.54) is 6.07 Å². The summed E-state index contributed by atoms with van der Waals surface area (Å²) in [7, 11) is -3.59. The van der Waals surface area contributed by atoms with E-state index in [-0.39, 0.29) is 17.2 Å². The van der Waals surface area contributed by atoms with Gasteiger partial charge >= 0.3 is 5.97 Å². The van der Waals surface area contributed by atoms with Crippen LogP contribution in [0.25, 0.3) is 0 Å². The zero-order valence-corrected chi connectivity index (χ0v) is 12.8. The largest absolute Gasteiger partial charge is 0.480 e. The lowest BCUT2D eigenvalue weighted by atomic mass is 9.76.